The molecular weight excluding hydrogens is 230 g/mol. The highest BCUT2D eigenvalue weighted by atomic mass is 16.5. The van der Waals surface area contributed by atoms with E-state index in [9.17, 15) is 4.79 Å². The molecule has 1 saturated carbocycles. The van der Waals surface area contributed by atoms with Gasteiger partial charge >= 0.3 is 6.03 Å². The second-order valence-corrected chi connectivity index (χ2v) is 5.19. The first kappa shape index (κ1) is 13.6. The molecule has 2 aliphatic rings. The molecule has 0 atom stereocenters. The highest BCUT2D eigenvalue weighted by Crippen LogP contribution is 2.25. The maximum Gasteiger partial charge on any atom is 0.317 e. The zero-order valence-corrected chi connectivity index (χ0v) is 11.4. The average Bonchev–Trinajstić information content (AvgIpc) is 3.07. The van der Waals surface area contributed by atoms with Crippen LogP contribution >= 0.6 is 0 Å². The Bertz CT molecular complexity index is 263. The lowest BCUT2D eigenvalue weighted by Crippen LogP contribution is -2.42. The number of rotatable bonds is 7. The fourth-order valence-electron chi connectivity index (χ4n) is 2.46. The topological polar surface area (TPSA) is 44.8 Å². The summed E-state index contributed by atoms with van der Waals surface area (Å²) in [5, 5.41) is 3.02. The van der Waals surface area contributed by atoms with Crippen molar-refractivity contribution < 1.29 is 9.53 Å². The minimum atomic E-state index is 0.106. The molecule has 1 saturated heterocycles. The smallest absolute Gasteiger partial charge is 0.317 e. The van der Waals surface area contributed by atoms with Crippen molar-refractivity contribution in [3.63, 3.8) is 0 Å². The standard InChI is InChI=1S/C13H25N3O2/c1-18-11-10-15(12-4-5-12)9-6-14-13(17)16-7-2-3-8-16/h12H,2-11H2,1H3,(H,14,17). The normalized spacial score (nSPS) is 19.6. The predicted molar refractivity (Wildman–Crippen MR) is 70.7 cm³/mol. The Balaban J connectivity index is 1.61. The molecule has 0 radical (unpaired) electrons. The summed E-state index contributed by atoms with van der Waals surface area (Å²) < 4.78 is 5.12. The van der Waals surface area contributed by atoms with Gasteiger partial charge in [0, 0.05) is 45.9 Å². The van der Waals surface area contributed by atoms with Crippen LogP contribution in [0.3, 0.4) is 0 Å². The first-order chi connectivity index (χ1) is 8.81. The Kier molecular flexibility index (Phi) is 5.26. The van der Waals surface area contributed by atoms with Crippen molar-refractivity contribution in [2.75, 3.05) is 46.4 Å². The van der Waals surface area contributed by atoms with Crippen LogP contribution < -0.4 is 5.32 Å². The number of carbonyl (C=O) groups excluding carboxylic acids is 1. The van der Waals surface area contributed by atoms with Gasteiger partial charge in [-0.1, -0.05) is 0 Å². The van der Waals surface area contributed by atoms with E-state index in [0.717, 1.165) is 58.2 Å². The van der Waals surface area contributed by atoms with Crippen LogP contribution in [0.15, 0.2) is 0 Å². The van der Waals surface area contributed by atoms with Gasteiger partial charge in [-0.05, 0) is 25.7 Å². The Morgan fingerprint density at radius 3 is 2.67 bits per heavy atom. The largest absolute Gasteiger partial charge is 0.383 e. The SMILES string of the molecule is COCCN(CCNC(=O)N1CCCC1)C1CC1. The van der Waals surface area contributed by atoms with Gasteiger partial charge < -0.3 is 15.0 Å². The van der Waals surface area contributed by atoms with Gasteiger partial charge in [-0.25, -0.2) is 4.79 Å². The molecule has 1 aliphatic heterocycles. The van der Waals surface area contributed by atoms with Crippen molar-refractivity contribution in [3.05, 3.63) is 0 Å². The summed E-state index contributed by atoms with van der Waals surface area (Å²) in [6.45, 7) is 5.27. The van der Waals surface area contributed by atoms with Crippen LogP contribution in [0.1, 0.15) is 25.7 Å². The van der Waals surface area contributed by atoms with Crippen LogP contribution in [0.25, 0.3) is 0 Å². The van der Waals surface area contributed by atoms with E-state index in [1.165, 1.54) is 12.8 Å². The predicted octanol–water partition coefficient (Wildman–Crippen LogP) is 0.903. The molecule has 5 nitrogen and oxygen atoms in total. The molecule has 1 aliphatic carbocycles. The van der Waals surface area contributed by atoms with Crippen molar-refractivity contribution >= 4 is 6.03 Å². The third kappa shape index (κ3) is 4.14. The second kappa shape index (κ2) is 6.95. The Morgan fingerprint density at radius 1 is 1.33 bits per heavy atom. The van der Waals surface area contributed by atoms with Gasteiger partial charge in [-0.15, -0.1) is 0 Å². The molecule has 0 aromatic rings. The number of hydrogen-bond acceptors (Lipinski definition) is 3. The van der Waals surface area contributed by atoms with Gasteiger partial charge in [-0.2, -0.15) is 0 Å². The Morgan fingerprint density at radius 2 is 2.06 bits per heavy atom. The van der Waals surface area contributed by atoms with E-state index in [2.05, 4.69) is 10.2 Å². The van der Waals surface area contributed by atoms with Gasteiger partial charge in [-0.3, -0.25) is 4.90 Å². The van der Waals surface area contributed by atoms with E-state index in [0.29, 0.717) is 0 Å². The molecule has 0 aromatic heterocycles. The lowest BCUT2D eigenvalue weighted by Gasteiger charge is -2.22. The summed E-state index contributed by atoms with van der Waals surface area (Å²) in [5.41, 5.74) is 0. The van der Waals surface area contributed by atoms with Crippen LogP contribution in [0.4, 0.5) is 4.79 Å². The fourth-order valence-corrected chi connectivity index (χ4v) is 2.46. The quantitative estimate of drug-likeness (QED) is 0.735. The van der Waals surface area contributed by atoms with Crippen molar-refractivity contribution in [1.82, 2.24) is 15.1 Å². The van der Waals surface area contributed by atoms with Gasteiger partial charge in [0.25, 0.3) is 0 Å². The number of hydrogen-bond donors (Lipinski definition) is 1. The van der Waals surface area contributed by atoms with Crippen LogP contribution in [-0.4, -0.2) is 68.3 Å². The highest BCUT2D eigenvalue weighted by molar-refractivity contribution is 5.74. The molecule has 0 spiro atoms. The molecule has 104 valence electrons. The molecule has 0 bridgehead atoms. The molecule has 18 heavy (non-hydrogen) atoms. The summed E-state index contributed by atoms with van der Waals surface area (Å²) in [6.07, 6.45) is 4.89. The number of urea groups is 1. The van der Waals surface area contributed by atoms with Gasteiger partial charge in [0.1, 0.15) is 0 Å². The van der Waals surface area contributed by atoms with E-state index in [4.69, 9.17) is 4.74 Å². The molecular formula is C13H25N3O2. The van der Waals surface area contributed by atoms with E-state index in [1.807, 2.05) is 4.90 Å². The van der Waals surface area contributed by atoms with Crippen molar-refractivity contribution in [3.8, 4) is 0 Å². The fraction of sp³-hybridized carbons (Fsp3) is 0.923. The Labute approximate surface area is 109 Å². The summed E-state index contributed by atoms with van der Waals surface area (Å²) in [6, 6.07) is 0.832. The third-order valence-electron chi connectivity index (χ3n) is 3.71. The van der Waals surface area contributed by atoms with Crippen molar-refractivity contribution in [1.29, 1.82) is 0 Å². The molecule has 2 amide bonds. The zero-order valence-electron chi connectivity index (χ0n) is 11.4. The second-order valence-electron chi connectivity index (χ2n) is 5.19. The number of nitrogens with zero attached hydrogens (tertiary/aromatic N) is 2. The van der Waals surface area contributed by atoms with E-state index < -0.39 is 0 Å². The number of nitrogens with one attached hydrogen (secondary N) is 1. The molecule has 0 unspecified atom stereocenters. The highest BCUT2D eigenvalue weighted by Gasteiger charge is 2.28. The minimum absolute atomic E-state index is 0.106. The van der Waals surface area contributed by atoms with E-state index >= 15 is 0 Å². The van der Waals surface area contributed by atoms with E-state index in [-0.39, 0.29) is 6.03 Å². The maximum absolute atomic E-state index is 11.8. The maximum atomic E-state index is 11.8. The number of methoxy groups -OCH3 is 1. The molecule has 2 rings (SSSR count). The van der Waals surface area contributed by atoms with Crippen LogP contribution in [-0.2, 0) is 4.74 Å². The van der Waals surface area contributed by atoms with Crippen LogP contribution in [0.2, 0.25) is 0 Å². The molecule has 1 N–H and O–H groups in total. The monoisotopic (exact) mass is 255 g/mol. The Hall–Kier alpha value is -0.810. The van der Waals surface area contributed by atoms with E-state index in [1.54, 1.807) is 7.11 Å². The summed E-state index contributed by atoms with van der Waals surface area (Å²) >= 11 is 0. The lowest BCUT2D eigenvalue weighted by atomic mass is 10.4. The number of likely N-dealkylation sites (tertiary alicyclic amines) is 1. The number of amides is 2. The van der Waals surface area contributed by atoms with Crippen LogP contribution in [0.5, 0.6) is 0 Å². The summed E-state index contributed by atoms with van der Waals surface area (Å²) in [5.74, 6) is 0. The minimum Gasteiger partial charge on any atom is -0.383 e. The molecule has 0 aromatic carbocycles. The van der Waals surface area contributed by atoms with Crippen molar-refractivity contribution in [2.24, 2.45) is 0 Å². The molecule has 5 heteroatoms. The zero-order chi connectivity index (χ0) is 12.8. The first-order valence-electron chi connectivity index (χ1n) is 7.07. The molecule has 2 fully saturated rings. The summed E-state index contributed by atoms with van der Waals surface area (Å²) in [4.78, 5) is 16.1. The molecule has 1 heterocycles. The average molecular weight is 255 g/mol. The van der Waals surface area contributed by atoms with Crippen molar-refractivity contribution in [2.45, 2.75) is 31.7 Å². The number of ether oxygens (including phenoxy) is 1. The van der Waals surface area contributed by atoms with Gasteiger partial charge in [0.15, 0.2) is 0 Å². The third-order valence-corrected chi connectivity index (χ3v) is 3.71. The lowest BCUT2D eigenvalue weighted by molar-refractivity contribution is 0.143. The van der Waals surface area contributed by atoms with Gasteiger partial charge in [0.05, 0.1) is 6.61 Å². The first-order valence-corrected chi connectivity index (χ1v) is 7.07. The van der Waals surface area contributed by atoms with Gasteiger partial charge in [0.2, 0.25) is 0 Å². The van der Waals surface area contributed by atoms with Crippen LogP contribution in [0, 0.1) is 0 Å². The number of carbonyl (C=O) groups is 1. The summed E-state index contributed by atoms with van der Waals surface area (Å²) in [7, 11) is 1.74.